The van der Waals surface area contributed by atoms with Crippen molar-refractivity contribution in [1.82, 2.24) is 9.78 Å². The minimum Gasteiger partial charge on any atom is -0.381 e. The Morgan fingerprint density at radius 1 is 1.42 bits per heavy atom. The van der Waals surface area contributed by atoms with E-state index in [9.17, 15) is 13.2 Å². The fourth-order valence-corrected chi connectivity index (χ4v) is 3.90. The van der Waals surface area contributed by atoms with E-state index in [1.165, 1.54) is 18.5 Å². The Balaban J connectivity index is 1.92. The summed E-state index contributed by atoms with van der Waals surface area (Å²) in [7, 11) is -3.90. The predicted molar refractivity (Wildman–Crippen MR) is 98.1 cm³/mol. The third kappa shape index (κ3) is 3.92. The Hall–Kier alpha value is -1.90. The fraction of sp³-hybridized carbons (Fsp3) is 0.412. The molecule has 0 spiro atoms. The summed E-state index contributed by atoms with van der Waals surface area (Å²) in [6.45, 7) is 4.66. The molecule has 26 heavy (non-hydrogen) atoms. The summed E-state index contributed by atoms with van der Waals surface area (Å²) in [6, 6.07) is 4.58. The van der Waals surface area contributed by atoms with Gasteiger partial charge in [0.1, 0.15) is 4.90 Å². The lowest BCUT2D eigenvalue weighted by molar-refractivity contribution is 0.0901. The number of rotatable bonds is 6. The second-order valence-corrected chi connectivity index (χ2v) is 8.59. The number of aromatic nitrogens is 2. The van der Waals surface area contributed by atoms with Crippen molar-refractivity contribution in [2.45, 2.75) is 31.2 Å². The van der Waals surface area contributed by atoms with Crippen molar-refractivity contribution < 1.29 is 17.9 Å². The number of ether oxygens (including phenoxy) is 1. The monoisotopic (exact) mass is 397 g/mol. The first-order valence-corrected chi connectivity index (χ1v) is 10.1. The smallest absolute Gasteiger partial charge is 0.265 e. The maximum absolute atomic E-state index is 12.7. The van der Waals surface area contributed by atoms with Crippen LogP contribution in [0.4, 0.5) is 5.69 Å². The highest BCUT2D eigenvalue weighted by molar-refractivity contribution is 7.92. The first-order chi connectivity index (χ1) is 12.3. The molecule has 1 aliphatic heterocycles. The highest BCUT2D eigenvalue weighted by Gasteiger charge is 2.28. The summed E-state index contributed by atoms with van der Waals surface area (Å²) < 4.78 is 34.7. The highest BCUT2D eigenvalue weighted by Crippen LogP contribution is 2.28. The number of ketones is 1. The highest BCUT2D eigenvalue weighted by atomic mass is 35.5. The van der Waals surface area contributed by atoms with Crippen LogP contribution >= 0.6 is 11.6 Å². The van der Waals surface area contributed by atoms with Gasteiger partial charge in [-0.3, -0.25) is 14.2 Å². The number of sulfonamides is 1. The van der Waals surface area contributed by atoms with Gasteiger partial charge in [-0.2, -0.15) is 5.10 Å². The van der Waals surface area contributed by atoms with Crippen molar-refractivity contribution in [2.75, 3.05) is 17.9 Å². The Morgan fingerprint density at radius 2 is 2.19 bits per heavy atom. The van der Waals surface area contributed by atoms with Crippen LogP contribution in [0.15, 0.2) is 35.5 Å². The van der Waals surface area contributed by atoms with Crippen molar-refractivity contribution in [3.63, 3.8) is 0 Å². The molecule has 1 aromatic carbocycles. The molecule has 3 rings (SSSR count). The molecule has 1 aliphatic rings. The molecule has 1 N–H and O–H groups in total. The molecule has 9 heteroatoms. The number of anilines is 1. The van der Waals surface area contributed by atoms with Gasteiger partial charge in [0.15, 0.2) is 5.78 Å². The van der Waals surface area contributed by atoms with Gasteiger partial charge < -0.3 is 4.74 Å². The summed E-state index contributed by atoms with van der Waals surface area (Å²) in [5.74, 6) is -0.433. The molecule has 0 amide bonds. The SMILES string of the molecule is CC(C)n1cc(S(=O)(=O)Nc2cc(Cl)ccc2C(=O)C2CCOC2)cn1. The van der Waals surface area contributed by atoms with Gasteiger partial charge in [-0.05, 0) is 38.5 Å². The zero-order valence-electron chi connectivity index (χ0n) is 14.5. The van der Waals surface area contributed by atoms with Crippen molar-refractivity contribution >= 4 is 33.1 Å². The Labute approximate surface area is 157 Å². The van der Waals surface area contributed by atoms with Crippen molar-refractivity contribution in [1.29, 1.82) is 0 Å². The molecule has 1 aromatic heterocycles. The van der Waals surface area contributed by atoms with Gasteiger partial charge in [0, 0.05) is 35.3 Å². The van der Waals surface area contributed by atoms with Crippen LogP contribution in [-0.4, -0.2) is 37.2 Å². The summed E-state index contributed by atoms with van der Waals surface area (Å²) >= 11 is 6.01. The zero-order chi connectivity index (χ0) is 18.9. The molecule has 0 radical (unpaired) electrons. The maximum Gasteiger partial charge on any atom is 0.265 e. The zero-order valence-corrected chi connectivity index (χ0v) is 16.0. The lowest BCUT2D eigenvalue weighted by Crippen LogP contribution is -2.19. The summed E-state index contributed by atoms with van der Waals surface area (Å²) in [5, 5.41) is 4.38. The second kappa shape index (κ2) is 7.38. The lowest BCUT2D eigenvalue weighted by Gasteiger charge is -2.14. The molecule has 1 atom stereocenters. The molecule has 0 saturated carbocycles. The van der Waals surface area contributed by atoms with E-state index in [0.29, 0.717) is 24.7 Å². The standard InChI is InChI=1S/C17H20ClN3O4S/c1-11(2)21-9-14(8-19-21)26(23,24)20-16-7-13(18)3-4-15(16)17(22)12-5-6-25-10-12/h3-4,7-9,11-12,20H,5-6,10H2,1-2H3. The number of hydrogen-bond donors (Lipinski definition) is 1. The number of carbonyl (C=O) groups is 1. The van der Waals surface area contributed by atoms with E-state index >= 15 is 0 Å². The van der Waals surface area contributed by atoms with Gasteiger partial charge in [0.25, 0.3) is 10.0 Å². The minimum absolute atomic E-state index is 0.0220. The number of benzene rings is 1. The first-order valence-electron chi connectivity index (χ1n) is 8.26. The number of hydrogen-bond acceptors (Lipinski definition) is 5. The van der Waals surface area contributed by atoms with Gasteiger partial charge in [0.05, 0.1) is 18.5 Å². The normalized spacial score (nSPS) is 17.6. The predicted octanol–water partition coefficient (Wildman–Crippen LogP) is 3.14. The van der Waals surface area contributed by atoms with Crippen LogP contribution in [0.2, 0.25) is 5.02 Å². The molecule has 2 heterocycles. The molecule has 7 nitrogen and oxygen atoms in total. The maximum atomic E-state index is 12.7. The van der Waals surface area contributed by atoms with E-state index < -0.39 is 10.0 Å². The van der Waals surface area contributed by atoms with Gasteiger partial charge in [0.2, 0.25) is 0 Å². The van der Waals surface area contributed by atoms with E-state index in [1.54, 1.807) is 16.8 Å². The Bertz CT molecular complexity index is 918. The first kappa shape index (κ1) is 18.9. The van der Waals surface area contributed by atoms with Crippen molar-refractivity contribution in [3.05, 3.63) is 41.2 Å². The van der Waals surface area contributed by atoms with Crippen LogP contribution in [-0.2, 0) is 14.8 Å². The number of carbonyl (C=O) groups excluding carboxylic acids is 1. The fourth-order valence-electron chi connectivity index (χ4n) is 2.72. The summed E-state index contributed by atoms with van der Waals surface area (Å²) in [4.78, 5) is 12.7. The summed E-state index contributed by atoms with van der Waals surface area (Å²) in [5.41, 5.74) is 0.441. The van der Waals surface area contributed by atoms with Crippen LogP contribution in [0.3, 0.4) is 0 Å². The van der Waals surface area contributed by atoms with E-state index in [4.69, 9.17) is 16.3 Å². The molecule has 0 bridgehead atoms. The summed E-state index contributed by atoms with van der Waals surface area (Å²) in [6.07, 6.45) is 3.35. The Kier molecular flexibility index (Phi) is 5.36. The van der Waals surface area contributed by atoms with Gasteiger partial charge in [-0.25, -0.2) is 8.42 Å². The molecule has 2 aromatic rings. The molecule has 140 valence electrons. The van der Waals surface area contributed by atoms with Gasteiger partial charge >= 0.3 is 0 Å². The molecule has 1 fully saturated rings. The molecule has 0 aliphatic carbocycles. The van der Waals surface area contributed by atoms with Gasteiger partial charge in [-0.1, -0.05) is 11.6 Å². The molecular weight excluding hydrogens is 378 g/mol. The van der Waals surface area contributed by atoms with Crippen LogP contribution in [0.5, 0.6) is 0 Å². The van der Waals surface area contributed by atoms with E-state index in [0.717, 1.165) is 0 Å². The average molecular weight is 398 g/mol. The number of halogens is 1. The van der Waals surface area contributed by atoms with Crippen molar-refractivity contribution in [3.8, 4) is 0 Å². The molecular formula is C17H20ClN3O4S. The Morgan fingerprint density at radius 3 is 2.81 bits per heavy atom. The average Bonchev–Trinajstić information content (AvgIpc) is 3.26. The van der Waals surface area contributed by atoms with E-state index in [-0.39, 0.29) is 33.9 Å². The van der Waals surface area contributed by atoms with E-state index in [1.807, 2.05) is 13.8 Å². The topological polar surface area (TPSA) is 90.3 Å². The van der Waals surface area contributed by atoms with Crippen LogP contribution in [0, 0.1) is 5.92 Å². The van der Waals surface area contributed by atoms with Crippen LogP contribution in [0.25, 0.3) is 0 Å². The van der Waals surface area contributed by atoms with Crippen LogP contribution < -0.4 is 4.72 Å². The van der Waals surface area contributed by atoms with Gasteiger partial charge in [-0.15, -0.1) is 0 Å². The minimum atomic E-state index is -3.90. The van der Waals surface area contributed by atoms with Crippen molar-refractivity contribution in [2.24, 2.45) is 5.92 Å². The quantitative estimate of drug-likeness (QED) is 0.756. The third-order valence-electron chi connectivity index (χ3n) is 4.21. The van der Waals surface area contributed by atoms with Crippen LogP contribution in [0.1, 0.15) is 36.7 Å². The largest absolute Gasteiger partial charge is 0.381 e. The molecule has 1 unspecified atom stereocenters. The van der Waals surface area contributed by atoms with E-state index in [2.05, 4.69) is 9.82 Å². The molecule has 1 saturated heterocycles. The lowest BCUT2D eigenvalue weighted by atomic mass is 9.96. The number of nitrogens with one attached hydrogen (secondary N) is 1. The third-order valence-corrected chi connectivity index (χ3v) is 5.76. The second-order valence-electron chi connectivity index (χ2n) is 6.47. The number of Topliss-reactive ketones (excluding diaryl/α,β-unsaturated/α-hetero) is 1. The number of nitrogens with zero attached hydrogens (tertiary/aromatic N) is 2.